The minimum atomic E-state index is 0.0145. The quantitative estimate of drug-likeness (QED) is 0.551. The van der Waals surface area contributed by atoms with E-state index < -0.39 is 0 Å². The van der Waals surface area contributed by atoms with Crippen LogP contribution in [0.3, 0.4) is 0 Å². The molecule has 0 radical (unpaired) electrons. The van der Waals surface area contributed by atoms with Crippen LogP contribution in [0.1, 0.15) is 56.3 Å². The second-order valence-corrected chi connectivity index (χ2v) is 7.28. The number of carbonyl (C=O) groups excluding carboxylic acids is 1. The minimum Gasteiger partial charge on any atom is -0.473 e. The Morgan fingerprint density at radius 1 is 1.22 bits per heavy atom. The molecule has 0 aromatic carbocycles. The Labute approximate surface area is 161 Å². The van der Waals surface area contributed by atoms with Crippen molar-refractivity contribution in [1.29, 1.82) is 0 Å². The summed E-state index contributed by atoms with van der Waals surface area (Å²) in [5.74, 6) is 6.50. The van der Waals surface area contributed by atoms with Crippen LogP contribution in [0.4, 0.5) is 0 Å². The highest BCUT2D eigenvalue weighted by Gasteiger charge is 2.18. The molecular formula is C19H32N6O2. The Hall–Kier alpha value is -2.35. The lowest BCUT2D eigenvalue weighted by molar-refractivity contribution is -0.128. The summed E-state index contributed by atoms with van der Waals surface area (Å²) in [6.45, 7) is 1.86. The number of carbonyl (C=O) groups is 1. The molecule has 27 heavy (non-hydrogen) atoms. The van der Waals surface area contributed by atoms with Crippen molar-refractivity contribution in [3.05, 3.63) is 23.3 Å². The first kappa shape index (κ1) is 21.0. The lowest BCUT2D eigenvalue weighted by Crippen LogP contribution is -2.29. The topological polar surface area (TPSA) is 111 Å². The summed E-state index contributed by atoms with van der Waals surface area (Å²) in [5, 5.41) is 1.43. The number of allylic oxidation sites excluding steroid dienone is 1. The minimum absolute atomic E-state index is 0.0145. The Morgan fingerprint density at radius 2 is 1.89 bits per heavy atom. The molecule has 4 N–H and O–H groups in total. The molecule has 1 saturated carbocycles. The highest BCUT2D eigenvalue weighted by molar-refractivity contribution is 5.76. The first-order valence-corrected chi connectivity index (χ1v) is 9.47. The third kappa shape index (κ3) is 5.82. The number of rotatable bonds is 7. The molecule has 1 aliphatic carbocycles. The van der Waals surface area contributed by atoms with Gasteiger partial charge in [0.25, 0.3) is 0 Å². The van der Waals surface area contributed by atoms with E-state index in [-0.39, 0.29) is 12.0 Å². The van der Waals surface area contributed by atoms with Crippen LogP contribution >= 0.6 is 0 Å². The van der Waals surface area contributed by atoms with Gasteiger partial charge in [0.05, 0.1) is 17.6 Å². The summed E-state index contributed by atoms with van der Waals surface area (Å²) >= 11 is 0. The van der Waals surface area contributed by atoms with Gasteiger partial charge in [0.15, 0.2) is 0 Å². The van der Waals surface area contributed by atoms with E-state index in [1.165, 1.54) is 24.3 Å². The zero-order valence-corrected chi connectivity index (χ0v) is 16.9. The lowest BCUT2D eigenvalue weighted by atomic mass is 9.98. The number of hydrazine groups is 1. The maximum Gasteiger partial charge on any atom is 0.235 e. The van der Waals surface area contributed by atoms with Crippen molar-refractivity contribution in [1.82, 2.24) is 19.9 Å². The highest BCUT2D eigenvalue weighted by Crippen LogP contribution is 2.25. The number of aromatic nitrogens is 2. The van der Waals surface area contributed by atoms with E-state index in [9.17, 15) is 4.79 Å². The van der Waals surface area contributed by atoms with Crippen molar-refractivity contribution in [2.75, 3.05) is 21.1 Å². The number of hydrogen-bond acceptors (Lipinski definition) is 7. The van der Waals surface area contributed by atoms with E-state index in [1.807, 2.05) is 6.92 Å². The predicted molar refractivity (Wildman–Crippen MR) is 105 cm³/mol. The number of nitrogens with zero attached hydrogens (tertiary/aromatic N) is 4. The van der Waals surface area contributed by atoms with Gasteiger partial charge in [-0.2, -0.15) is 0 Å². The molecule has 0 aliphatic heterocycles. The van der Waals surface area contributed by atoms with Crippen molar-refractivity contribution in [2.24, 2.45) is 11.6 Å². The van der Waals surface area contributed by atoms with Gasteiger partial charge in [0.1, 0.15) is 17.5 Å². The fourth-order valence-corrected chi connectivity index (χ4v) is 3.15. The van der Waals surface area contributed by atoms with Crippen LogP contribution in [0.15, 0.2) is 11.9 Å². The van der Waals surface area contributed by atoms with Crippen LogP contribution in [0.25, 0.3) is 5.70 Å². The number of nitrogens with two attached hydrogens (primary N) is 2. The monoisotopic (exact) mass is 376 g/mol. The maximum absolute atomic E-state index is 11.9. The van der Waals surface area contributed by atoms with Crippen LogP contribution < -0.4 is 16.3 Å². The summed E-state index contributed by atoms with van der Waals surface area (Å²) < 4.78 is 6.02. The molecule has 0 bridgehead atoms. The molecule has 1 aromatic rings. The Balaban J connectivity index is 2.16. The Morgan fingerprint density at radius 3 is 2.44 bits per heavy atom. The molecule has 8 heteroatoms. The van der Waals surface area contributed by atoms with E-state index in [2.05, 4.69) is 9.97 Å². The normalized spacial score (nSPS) is 15.9. The van der Waals surface area contributed by atoms with Crippen LogP contribution in [0.5, 0.6) is 5.88 Å². The van der Waals surface area contributed by atoms with E-state index >= 15 is 0 Å². The van der Waals surface area contributed by atoms with Gasteiger partial charge in [-0.15, -0.1) is 0 Å². The molecule has 150 valence electrons. The molecule has 2 rings (SSSR count). The van der Waals surface area contributed by atoms with Gasteiger partial charge < -0.3 is 20.4 Å². The predicted octanol–water partition coefficient (Wildman–Crippen LogP) is 1.80. The number of aryl methyl sites for hydroxylation is 1. The van der Waals surface area contributed by atoms with Gasteiger partial charge >= 0.3 is 0 Å². The number of hydrogen-bond donors (Lipinski definition) is 2. The molecule has 0 atom stereocenters. The Bertz CT molecular complexity index is 681. The standard InChI is InChI=1S/C19H32N6O2/c1-13-19(27-14-8-6-5-7-9-14)22-12-15(23-13)18(20)16(25(4)21)10-11-17(26)24(2)3/h12,14H,5-11,20-21H2,1-4H3/b18-16-. The SMILES string of the molecule is Cc1nc(/C(N)=C(\CCC(=O)N(C)C)N(C)N)cnc1OC1CCCCC1. The molecule has 1 amide bonds. The van der Waals surface area contributed by atoms with Crippen molar-refractivity contribution < 1.29 is 9.53 Å². The summed E-state index contributed by atoms with van der Waals surface area (Å²) in [6, 6.07) is 0. The summed E-state index contributed by atoms with van der Waals surface area (Å²) in [5.41, 5.74) is 8.60. The first-order valence-electron chi connectivity index (χ1n) is 9.47. The van der Waals surface area contributed by atoms with Crippen LogP contribution in [0, 0.1) is 6.92 Å². The van der Waals surface area contributed by atoms with Crippen molar-refractivity contribution in [3.8, 4) is 5.88 Å². The van der Waals surface area contributed by atoms with Crippen molar-refractivity contribution >= 4 is 11.6 Å². The van der Waals surface area contributed by atoms with Gasteiger partial charge in [0, 0.05) is 27.6 Å². The third-order valence-corrected chi connectivity index (χ3v) is 4.82. The van der Waals surface area contributed by atoms with Crippen molar-refractivity contribution in [2.45, 2.75) is 58.0 Å². The van der Waals surface area contributed by atoms with Crippen LogP contribution in [0.2, 0.25) is 0 Å². The number of amides is 1. The maximum atomic E-state index is 11.9. The van der Waals surface area contributed by atoms with Gasteiger partial charge in [-0.3, -0.25) is 4.79 Å². The third-order valence-electron chi connectivity index (χ3n) is 4.82. The average Bonchev–Trinajstić information content (AvgIpc) is 2.63. The van der Waals surface area contributed by atoms with E-state index in [4.69, 9.17) is 16.3 Å². The molecule has 0 spiro atoms. The fourth-order valence-electron chi connectivity index (χ4n) is 3.15. The molecule has 8 nitrogen and oxygen atoms in total. The van der Waals surface area contributed by atoms with Gasteiger partial charge in [0.2, 0.25) is 11.8 Å². The number of ether oxygens (including phenoxy) is 1. The van der Waals surface area contributed by atoms with Gasteiger partial charge in [-0.1, -0.05) is 6.42 Å². The van der Waals surface area contributed by atoms with E-state index in [0.29, 0.717) is 41.5 Å². The second kappa shape index (κ2) is 9.55. The second-order valence-electron chi connectivity index (χ2n) is 7.28. The van der Waals surface area contributed by atoms with Gasteiger partial charge in [-0.05, 0) is 39.0 Å². The first-order chi connectivity index (χ1) is 12.8. The smallest absolute Gasteiger partial charge is 0.235 e. The zero-order valence-electron chi connectivity index (χ0n) is 16.9. The van der Waals surface area contributed by atoms with Crippen molar-refractivity contribution in [3.63, 3.8) is 0 Å². The molecular weight excluding hydrogens is 344 g/mol. The zero-order chi connectivity index (χ0) is 20.0. The molecule has 1 heterocycles. The van der Waals surface area contributed by atoms with Crippen LogP contribution in [-0.4, -0.2) is 53.0 Å². The Kier molecular flexibility index (Phi) is 7.41. The molecule has 0 saturated heterocycles. The largest absolute Gasteiger partial charge is 0.473 e. The van der Waals surface area contributed by atoms with Crippen LogP contribution in [-0.2, 0) is 4.79 Å². The average molecular weight is 377 g/mol. The molecule has 0 unspecified atom stereocenters. The molecule has 1 aliphatic rings. The lowest BCUT2D eigenvalue weighted by Gasteiger charge is -2.23. The summed E-state index contributed by atoms with van der Waals surface area (Å²) in [6.07, 6.45) is 8.37. The molecule has 1 aromatic heterocycles. The summed E-state index contributed by atoms with van der Waals surface area (Å²) in [7, 11) is 5.14. The van der Waals surface area contributed by atoms with E-state index in [1.54, 1.807) is 32.2 Å². The van der Waals surface area contributed by atoms with Gasteiger partial charge in [-0.25, -0.2) is 15.8 Å². The fraction of sp³-hybridized carbons (Fsp3) is 0.632. The summed E-state index contributed by atoms with van der Waals surface area (Å²) in [4.78, 5) is 22.4. The highest BCUT2D eigenvalue weighted by atomic mass is 16.5. The van der Waals surface area contributed by atoms with E-state index in [0.717, 1.165) is 12.8 Å². The molecule has 1 fully saturated rings.